The Balaban J connectivity index is 2.06. The largest absolute Gasteiger partial charge is 0.369 e. The van der Waals surface area contributed by atoms with Crippen LogP contribution >= 0.6 is 11.6 Å². The Morgan fingerprint density at radius 3 is 2.57 bits per heavy atom. The molecule has 1 amide bonds. The van der Waals surface area contributed by atoms with E-state index in [-0.39, 0.29) is 18.4 Å². The minimum absolute atomic E-state index is 0.125. The molecule has 1 atom stereocenters. The molecule has 1 aliphatic heterocycles. The molecule has 0 aliphatic carbocycles. The molecule has 3 rings (SSSR count). The number of nitrogens with one attached hydrogen (secondary N) is 1. The van der Waals surface area contributed by atoms with E-state index in [2.05, 4.69) is 9.71 Å². The van der Waals surface area contributed by atoms with E-state index in [1.54, 1.807) is 32.2 Å². The number of likely N-dealkylation sites (N-methyl/N-ethyl adjacent to an activating group) is 1. The average Bonchev–Trinajstić information content (AvgIpc) is 2.84. The Labute approximate surface area is 169 Å². The van der Waals surface area contributed by atoms with Gasteiger partial charge in [-0.15, -0.1) is 0 Å². The maximum Gasteiger partial charge on any atom is 0.261 e. The second-order valence-electron chi connectivity index (χ2n) is 6.88. The molecule has 7 nitrogen and oxygen atoms in total. The Hall–Kier alpha value is -2.42. The van der Waals surface area contributed by atoms with Gasteiger partial charge < -0.3 is 5.73 Å². The SMILES string of the molecule is CN1C(=O)C(C)(c2cccc(-c3cc(Cl)ccc3CNS(C)(=O)=O)c2)N=C1N. The van der Waals surface area contributed by atoms with E-state index >= 15 is 0 Å². The standard InChI is InChI=1S/C19H21ClN4O3S/c1-19(17(25)24(2)18(21)23-19)14-6-4-5-12(9-14)16-10-15(20)8-7-13(16)11-22-28(3,26)27/h4-10,22H,11H2,1-3H3,(H2,21,23). The number of benzene rings is 2. The number of hydrogen-bond acceptors (Lipinski definition) is 5. The van der Waals surface area contributed by atoms with Crippen molar-refractivity contribution >= 4 is 33.5 Å². The summed E-state index contributed by atoms with van der Waals surface area (Å²) in [6, 6.07) is 12.6. The number of nitrogens with two attached hydrogens (primary N) is 1. The highest BCUT2D eigenvalue weighted by atomic mass is 35.5. The number of carbonyl (C=O) groups is 1. The van der Waals surface area contributed by atoms with Crippen molar-refractivity contribution in [3.8, 4) is 11.1 Å². The van der Waals surface area contributed by atoms with E-state index < -0.39 is 15.6 Å². The highest BCUT2D eigenvalue weighted by Gasteiger charge is 2.43. The molecule has 0 radical (unpaired) electrons. The fourth-order valence-corrected chi connectivity index (χ4v) is 3.73. The molecule has 2 aromatic carbocycles. The summed E-state index contributed by atoms with van der Waals surface area (Å²) in [6.45, 7) is 1.84. The molecule has 1 aliphatic rings. The predicted molar refractivity (Wildman–Crippen MR) is 110 cm³/mol. The van der Waals surface area contributed by atoms with Gasteiger partial charge in [-0.25, -0.2) is 18.1 Å². The first kappa shape index (κ1) is 20.3. The summed E-state index contributed by atoms with van der Waals surface area (Å²) in [5.41, 5.74) is 7.72. The van der Waals surface area contributed by atoms with Crippen LogP contribution in [0, 0.1) is 0 Å². The van der Waals surface area contributed by atoms with Crippen LogP contribution in [-0.4, -0.2) is 38.5 Å². The van der Waals surface area contributed by atoms with Crippen molar-refractivity contribution in [1.29, 1.82) is 0 Å². The molecular formula is C19H21ClN4O3S. The molecule has 0 spiro atoms. The third-order valence-electron chi connectivity index (χ3n) is 4.74. The lowest BCUT2D eigenvalue weighted by molar-refractivity contribution is -0.130. The quantitative estimate of drug-likeness (QED) is 0.772. The first-order valence-electron chi connectivity index (χ1n) is 8.49. The summed E-state index contributed by atoms with van der Waals surface area (Å²) >= 11 is 6.17. The zero-order valence-electron chi connectivity index (χ0n) is 15.7. The number of guanidine groups is 1. The smallest absolute Gasteiger partial charge is 0.261 e. The summed E-state index contributed by atoms with van der Waals surface area (Å²) in [7, 11) is -1.76. The lowest BCUT2D eigenvalue weighted by Gasteiger charge is -2.21. The third kappa shape index (κ3) is 3.89. The normalized spacial score (nSPS) is 19.8. The summed E-state index contributed by atoms with van der Waals surface area (Å²) in [4.78, 5) is 18.3. The molecule has 2 aromatic rings. The zero-order valence-corrected chi connectivity index (χ0v) is 17.3. The molecule has 3 N–H and O–H groups in total. The van der Waals surface area contributed by atoms with Crippen LogP contribution in [0.5, 0.6) is 0 Å². The van der Waals surface area contributed by atoms with Gasteiger partial charge in [0.25, 0.3) is 5.91 Å². The van der Waals surface area contributed by atoms with Gasteiger partial charge in [-0.3, -0.25) is 9.69 Å². The monoisotopic (exact) mass is 420 g/mol. The van der Waals surface area contributed by atoms with Gasteiger partial charge in [0, 0.05) is 18.6 Å². The van der Waals surface area contributed by atoms with Gasteiger partial charge in [-0.1, -0.05) is 35.9 Å². The summed E-state index contributed by atoms with van der Waals surface area (Å²) in [6.07, 6.45) is 1.11. The lowest BCUT2D eigenvalue weighted by atomic mass is 9.89. The van der Waals surface area contributed by atoms with Crippen LogP contribution in [0.4, 0.5) is 0 Å². The van der Waals surface area contributed by atoms with Crippen molar-refractivity contribution in [3.05, 3.63) is 58.6 Å². The molecule has 0 bridgehead atoms. The van der Waals surface area contributed by atoms with Crippen molar-refractivity contribution in [2.75, 3.05) is 13.3 Å². The summed E-state index contributed by atoms with van der Waals surface area (Å²) in [5, 5.41) is 0.522. The molecule has 0 fully saturated rings. The number of amides is 1. The van der Waals surface area contributed by atoms with Crippen LogP contribution in [0.25, 0.3) is 11.1 Å². The summed E-state index contributed by atoms with van der Waals surface area (Å²) < 4.78 is 25.5. The minimum Gasteiger partial charge on any atom is -0.369 e. The van der Waals surface area contributed by atoms with E-state index in [0.717, 1.165) is 22.9 Å². The first-order chi connectivity index (χ1) is 13.0. The molecule has 9 heteroatoms. The lowest BCUT2D eigenvalue weighted by Crippen LogP contribution is -2.38. The van der Waals surface area contributed by atoms with Crippen molar-refractivity contribution in [1.82, 2.24) is 9.62 Å². The predicted octanol–water partition coefficient (Wildman–Crippen LogP) is 2.06. The molecule has 1 unspecified atom stereocenters. The topological polar surface area (TPSA) is 105 Å². The molecule has 0 saturated heterocycles. The van der Waals surface area contributed by atoms with Crippen LogP contribution < -0.4 is 10.5 Å². The van der Waals surface area contributed by atoms with Crippen molar-refractivity contribution < 1.29 is 13.2 Å². The number of aliphatic imine (C=N–C) groups is 1. The maximum atomic E-state index is 12.7. The molecule has 28 heavy (non-hydrogen) atoms. The van der Waals surface area contributed by atoms with Gasteiger partial charge in [-0.05, 0) is 47.4 Å². The number of carbonyl (C=O) groups excluding carboxylic acids is 1. The number of rotatable bonds is 5. The first-order valence-corrected chi connectivity index (χ1v) is 10.8. The van der Waals surface area contributed by atoms with Crippen LogP contribution in [0.15, 0.2) is 47.5 Å². The van der Waals surface area contributed by atoms with Gasteiger partial charge in [0.15, 0.2) is 11.5 Å². The summed E-state index contributed by atoms with van der Waals surface area (Å²) in [5.74, 6) is -0.0501. The fourth-order valence-electron chi connectivity index (χ4n) is 3.14. The number of sulfonamides is 1. The van der Waals surface area contributed by atoms with E-state index in [4.69, 9.17) is 17.3 Å². The van der Waals surface area contributed by atoms with Gasteiger partial charge in [0.2, 0.25) is 10.0 Å². The highest BCUT2D eigenvalue weighted by Crippen LogP contribution is 2.35. The molecule has 0 saturated carbocycles. The Morgan fingerprint density at radius 2 is 1.96 bits per heavy atom. The molecular weight excluding hydrogens is 400 g/mol. The Bertz CT molecular complexity index is 1080. The maximum absolute atomic E-state index is 12.7. The van der Waals surface area contributed by atoms with Crippen molar-refractivity contribution in [2.24, 2.45) is 10.7 Å². The van der Waals surface area contributed by atoms with E-state index in [1.165, 1.54) is 4.90 Å². The second kappa shape index (κ2) is 7.20. The van der Waals surface area contributed by atoms with Gasteiger partial charge >= 0.3 is 0 Å². The van der Waals surface area contributed by atoms with Crippen LogP contribution in [0.1, 0.15) is 18.1 Å². The number of nitrogens with zero attached hydrogens (tertiary/aromatic N) is 2. The number of halogens is 1. The minimum atomic E-state index is -3.35. The van der Waals surface area contributed by atoms with Crippen LogP contribution in [0.3, 0.4) is 0 Å². The van der Waals surface area contributed by atoms with E-state index in [9.17, 15) is 13.2 Å². The van der Waals surface area contributed by atoms with Crippen LogP contribution in [0.2, 0.25) is 5.02 Å². The van der Waals surface area contributed by atoms with Gasteiger partial charge in [-0.2, -0.15) is 0 Å². The number of hydrogen-bond donors (Lipinski definition) is 2. The van der Waals surface area contributed by atoms with Crippen molar-refractivity contribution in [2.45, 2.75) is 19.0 Å². The van der Waals surface area contributed by atoms with Gasteiger partial charge in [0.1, 0.15) is 0 Å². The third-order valence-corrected chi connectivity index (χ3v) is 5.64. The molecule has 0 aromatic heterocycles. The highest BCUT2D eigenvalue weighted by molar-refractivity contribution is 7.88. The van der Waals surface area contributed by atoms with E-state index in [0.29, 0.717) is 10.6 Å². The molecule has 148 valence electrons. The zero-order chi connectivity index (χ0) is 20.7. The fraction of sp³-hybridized carbons (Fsp3) is 0.263. The van der Waals surface area contributed by atoms with Gasteiger partial charge in [0.05, 0.1) is 6.26 Å². The average molecular weight is 421 g/mol. The van der Waals surface area contributed by atoms with E-state index in [1.807, 2.05) is 24.3 Å². The Morgan fingerprint density at radius 1 is 1.25 bits per heavy atom. The van der Waals surface area contributed by atoms with Crippen molar-refractivity contribution in [3.63, 3.8) is 0 Å². The van der Waals surface area contributed by atoms with Crippen LogP contribution in [-0.2, 0) is 26.9 Å². The Kier molecular flexibility index (Phi) is 5.22. The second-order valence-corrected chi connectivity index (χ2v) is 9.15. The molecule has 1 heterocycles.